The van der Waals surface area contributed by atoms with Crippen molar-refractivity contribution in [3.63, 3.8) is 0 Å². The zero-order valence-electron chi connectivity index (χ0n) is 12.8. The van der Waals surface area contributed by atoms with Gasteiger partial charge in [-0.15, -0.1) is 0 Å². The van der Waals surface area contributed by atoms with Crippen LogP contribution in [-0.2, 0) is 6.42 Å². The first-order valence-electron chi connectivity index (χ1n) is 7.90. The molecular weight excluding hydrogens is 230 g/mol. The first kappa shape index (κ1) is 14.6. The predicted molar refractivity (Wildman–Crippen MR) is 83.4 cm³/mol. The molecule has 0 heterocycles. The fraction of sp³-hybridized carbons (Fsp3) is 0.667. The third kappa shape index (κ3) is 3.82. The van der Waals surface area contributed by atoms with Crippen LogP contribution in [0, 0.1) is 5.92 Å². The van der Waals surface area contributed by atoms with Crippen molar-refractivity contribution < 1.29 is 0 Å². The van der Waals surface area contributed by atoms with Crippen LogP contribution in [0.15, 0.2) is 24.3 Å². The van der Waals surface area contributed by atoms with Gasteiger partial charge in [0.1, 0.15) is 0 Å². The zero-order chi connectivity index (χ0) is 13.9. The lowest BCUT2D eigenvalue weighted by molar-refractivity contribution is 0.228. The Labute approximate surface area is 118 Å². The Morgan fingerprint density at radius 2 is 1.74 bits per heavy atom. The van der Waals surface area contributed by atoms with Crippen LogP contribution in [0.25, 0.3) is 0 Å². The van der Waals surface area contributed by atoms with E-state index in [1.54, 1.807) is 0 Å². The molecule has 106 valence electrons. The smallest absolute Gasteiger partial charge is 0.0195 e. The summed E-state index contributed by atoms with van der Waals surface area (Å²) >= 11 is 0. The van der Waals surface area contributed by atoms with Crippen molar-refractivity contribution >= 4 is 0 Å². The molecule has 1 aromatic rings. The molecule has 1 aliphatic rings. The maximum Gasteiger partial charge on any atom is 0.0195 e. The van der Waals surface area contributed by atoms with Gasteiger partial charge < -0.3 is 5.73 Å². The molecule has 0 aliphatic heterocycles. The fourth-order valence-corrected chi connectivity index (χ4v) is 3.26. The van der Waals surface area contributed by atoms with E-state index in [1.165, 1.54) is 43.2 Å². The number of hydrogen-bond acceptors (Lipinski definition) is 1. The SMILES string of the molecule is CCC1CCC(N)(Cc2ccc(C(C)C)cc2)CC1. The van der Waals surface area contributed by atoms with Gasteiger partial charge in [-0.05, 0) is 55.1 Å². The summed E-state index contributed by atoms with van der Waals surface area (Å²) in [6, 6.07) is 9.08. The second-order valence-electron chi connectivity index (χ2n) is 6.79. The van der Waals surface area contributed by atoms with Crippen LogP contribution < -0.4 is 5.73 Å². The highest BCUT2D eigenvalue weighted by atomic mass is 14.7. The molecule has 1 saturated carbocycles. The first-order chi connectivity index (χ1) is 9.02. The Morgan fingerprint density at radius 3 is 2.21 bits per heavy atom. The standard InChI is InChI=1S/C18H29N/c1-4-15-9-11-18(19,12-10-15)13-16-5-7-17(8-6-16)14(2)3/h5-8,14-15H,4,9-13,19H2,1-3H3. The molecule has 0 spiro atoms. The van der Waals surface area contributed by atoms with Gasteiger partial charge in [-0.2, -0.15) is 0 Å². The second kappa shape index (κ2) is 6.09. The van der Waals surface area contributed by atoms with Gasteiger partial charge >= 0.3 is 0 Å². The predicted octanol–water partition coefficient (Wildman–Crippen LogP) is 4.65. The molecule has 1 aliphatic carbocycles. The lowest BCUT2D eigenvalue weighted by Crippen LogP contribution is -2.45. The molecule has 2 N–H and O–H groups in total. The number of nitrogens with two attached hydrogens (primary N) is 1. The number of rotatable bonds is 4. The highest BCUT2D eigenvalue weighted by molar-refractivity contribution is 5.26. The zero-order valence-corrected chi connectivity index (χ0v) is 12.8. The van der Waals surface area contributed by atoms with E-state index < -0.39 is 0 Å². The first-order valence-corrected chi connectivity index (χ1v) is 7.90. The lowest BCUT2D eigenvalue weighted by atomic mass is 9.73. The van der Waals surface area contributed by atoms with Crippen LogP contribution in [-0.4, -0.2) is 5.54 Å². The van der Waals surface area contributed by atoms with Crippen LogP contribution in [0.1, 0.15) is 69.9 Å². The lowest BCUT2D eigenvalue weighted by Gasteiger charge is -2.37. The summed E-state index contributed by atoms with van der Waals surface area (Å²) in [5.41, 5.74) is 9.48. The quantitative estimate of drug-likeness (QED) is 0.837. The maximum atomic E-state index is 6.61. The van der Waals surface area contributed by atoms with Crippen LogP contribution in [0.3, 0.4) is 0 Å². The van der Waals surface area contributed by atoms with Gasteiger partial charge in [0, 0.05) is 5.54 Å². The van der Waals surface area contributed by atoms with Crippen molar-refractivity contribution in [3.8, 4) is 0 Å². The third-order valence-corrected chi connectivity index (χ3v) is 4.88. The molecule has 0 bridgehead atoms. The van der Waals surface area contributed by atoms with Crippen LogP contribution in [0.4, 0.5) is 0 Å². The molecule has 0 radical (unpaired) electrons. The molecule has 0 aromatic heterocycles. The van der Waals surface area contributed by atoms with Crippen LogP contribution in [0.2, 0.25) is 0 Å². The topological polar surface area (TPSA) is 26.0 Å². The molecule has 0 unspecified atom stereocenters. The Bertz CT molecular complexity index is 383. The summed E-state index contributed by atoms with van der Waals surface area (Å²) in [7, 11) is 0. The van der Waals surface area contributed by atoms with E-state index in [0.29, 0.717) is 5.92 Å². The van der Waals surface area contributed by atoms with Crippen LogP contribution in [0.5, 0.6) is 0 Å². The molecule has 19 heavy (non-hydrogen) atoms. The number of hydrogen-bond donors (Lipinski definition) is 1. The Hall–Kier alpha value is -0.820. The van der Waals surface area contributed by atoms with E-state index in [0.717, 1.165) is 12.3 Å². The highest BCUT2D eigenvalue weighted by Gasteiger charge is 2.31. The fourth-order valence-electron chi connectivity index (χ4n) is 3.26. The van der Waals surface area contributed by atoms with Gasteiger partial charge in [-0.3, -0.25) is 0 Å². The van der Waals surface area contributed by atoms with Gasteiger partial charge in [0.25, 0.3) is 0 Å². The van der Waals surface area contributed by atoms with Gasteiger partial charge in [0.05, 0.1) is 0 Å². The minimum absolute atomic E-state index is 0.0466. The van der Waals surface area contributed by atoms with E-state index in [-0.39, 0.29) is 5.54 Å². The molecule has 2 rings (SSSR count). The summed E-state index contributed by atoms with van der Waals surface area (Å²) in [5, 5.41) is 0. The van der Waals surface area contributed by atoms with E-state index in [2.05, 4.69) is 45.0 Å². The average Bonchev–Trinajstić information content (AvgIpc) is 2.40. The van der Waals surface area contributed by atoms with Gasteiger partial charge in [0.2, 0.25) is 0 Å². The molecule has 0 atom stereocenters. The summed E-state index contributed by atoms with van der Waals surface area (Å²) in [6.07, 6.45) is 7.38. The molecular formula is C18H29N. The molecule has 1 nitrogen and oxygen atoms in total. The van der Waals surface area contributed by atoms with E-state index >= 15 is 0 Å². The van der Waals surface area contributed by atoms with Crippen molar-refractivity contribution in [1.29, 1.82) is 0 Å². The minimum atomic E-state index is 0.0466. The Balaban J connectivity index is 1.97. The molecule has 1 aromatic carbocycles. The van der Waals surface area contributed by atoms with Crippen molar-refractivity contribution in [1.82, 2.24) is 0 Å². The molecule has 1 heteroatoms. The van der Waals surface area contributed by atoms with Gasteiger partial charge in [-0.1, -0.05) is 51.5 Å². The van der Waals surface area contributed by atoms with Crippen molar-refractivity contribution in [3.05, 3.63) is 35.4 Å². The van der Waals surface area contributed by atoms with Crippen molar-refractivity contribution in [2.75, 3.05) is 0 Å². The normalized spacial score (nSPS) is 27.7. The van der Waals surface area contributed by atoms with Gasteiger partial charge in [0.15, 0.2) is 0 Å². The van der Waals surface area contributed by atoms with Crippen LogP contribution >= 0.6 is 0 Å². The molecule has 0 amide bonds. The second-order valence-corrected chi connectivity index (χ2v) is 6.79. The van der Waals surface area contributed by atoms with E-state index in [4.69, 9.17) is 5.73 Å². The summed E-state index contributed by atoms with van der Waals surface area (Å²) in [6.45, 7) is 6.79. The highest BCUT2D eigenvalue weighted by Crippen LogP contribution is 2.34. The average molecular weight is 259 g/mol. The van der Waals surface area contributed by atoms with Crippen molar-refractivity contribution in [2.24, 2.45) is 11.7 Å². The summed E-state index contributed by atoms with van der Waals surface area (Å²) in [4.78, 5) is 0. The molecule has 0 saturated heterocycles. The maximum absolute atomic E-state index is 6.61. The summed E-state index contributed by atoms with van der Waals surface area (Å²) in [5.74, 6) is 1.53. The third-order valence-electron chi connectivity index (χ3n) is 4.88. The summed E-state index contributed by atoms with van der Waals surface area (Å²) < 4.78 is 0. The Kier molecular flexibility index (Phi) is 4.67. The van der Waals surface area contributed by atoms with E-state index in [1.807, 2.05) is 0 Å². The van der Waals surface area contributed by atoms with Gasteiger partial charge in [-0.25, -0.2) is 0 Å². The largest absolute Gasteiger partial charge is 0.325 e. The minimum Gasteiger partial charge on any atom is -0.325 e. The monoisotopic (exact) mass is 259 g/mol. The number of benzene rings is 1. The van der Waals surface area contributed by atoms with E-state index in [9.17, 15) is 0 Å². The Morgan fingerprint density at radius 1 is 1.16 bits per heavy atom. The molecule has 1 fully saturated rings. The van der Waals surface area contributed by atoms with Crippen molar-refractivity contribution in [2.45, 2.75) is 70.8 Å².